The second-order valence-electron chi connectivity index (χ2n) is 7.28. The van der Waals surface area contributed by atoms with Crippen molar-refractivity contribution in [1.29, 1.82) is 0 Å². The number of nitrogens with one attached hydrogen (secondary N) is 2. The van der Waals surface area contributed by atoms with Crippen molar-refractivity contribution in [2.24, 2.45) is 5.92 Å². The molecule has 154 valence electrons. The summed E-state index contributed by atoms with van der Waals surface area (Å²) in [5, 5.41) is 5.60. The first-order valence-corrected chi connectivity index (χ1v) is 9.75. The number of hydrogen-bond donors (Lipinski definition) is 2. The van der Waals surface area contributed by atoms with Gasteiger partial charge in [0.15, 0.2) is 0 Å². The average molecular weight is 399 g/mol. The highest BCUT2D eigenvalue weighted by atomic mass is 19.1. The monoisotopic (exact) mass is 399 g/mol. The van der Waals surface area contributed by atoms with E-state index >= 15 is 0 Å². The minimum Gasteiger partial charge on any atom is -0.378 e. The lowest BCUT2D eigenvalue weighted by Crippen LogP contribution is -2.47. The van der Waals surface area contributed by atoms with Crippen LogP contribution in [0.25, 0.3) is 0 Å². The number of benzene rings is 2. The molecule has 2 aromatic carbocycles. The zero-order chi connectivity index (χ0) is 20.8. The number of ether oxygens (including phenoxy) is 1. The molecule has 1 fully saturated rings. The van der Waals surface area contributed by atoms with Gasteiger partial charge in [0, 0.05) is 13.1 Å². The molecular weight excluding hydrogens is 373 g/mol. The topological polar surface area (TPSA) is 70.7 Å². The maximum atomic E-state index is 13.9. The number of halogens is 1. The molecule has 2 aromatic rings. The van der Waals surface area contributed by atoms with Gasteiger partial charge in [-0.1, -0.05) is 38.1 Å². The molecule has 0 unspecified atom stereocenters. The van der Waals surface area contributed by atoms with Gasteiger partial charge in [-0.15, -0.1) is 0 Å². The molecule has 0 radical (unpaired) electrons. The molecular formula is C22H26FN3O3. The molecule has 7 heteroatoms. The highest BCUT2D eigenvalue weighted by Crippen LogP contribution is 2.26. The Morgan fingerprint density at radius 3 is 2.38 bits per heavy atom. The third-order valence-electron chi connectivity index (χ3n) is 4.87. The summed E-state index contributed by atoms with van der Waals surface area (Å²) in [5.41, 5.74) is 1.50. The van der Waals surface area contributed by atoms with Crippen LogP contribution in [0.3, 0.4) is 0 Å². The van der Waals surface area contributed by atoms with E-state index in [2.05, 4.69) is 15.5 Å². The van der Waals surface area contributed by atoms with Crippen LogP contribution in [0.2, 0.25) is 0 Å². The molecule has 2 amide bonds. The number of para-hydroxylation sites is 2. The zero-order valence-corrected chi connectivity index (χ0v) is 16.7. The van der Waals surface area contributed by atoms with Crippen LogP contribution in [0.15, 0.2) is 48.5 Å². The fourth-order valence-corrected chi connectivity index (χ4v) is 3.27. The Labute approximate surface area is 170 Å². The van der Waals surface area contributed by atoms with Gasteiger partial charge in [0.2, 0.25) is 5.91 Å². The van der Waals surface area contributed by atoms with Gasteiger partial charge in [0.1, 0.15) is 11.9 Å². The van der Waals surface area contributed by atoms with Gasteiger partial charge in [0.25, 0.3) is 5.91 Å². The highest BCUT2D eigenvalue weighted by Gasteiger charge is 2.27. The van der Waals surface area contributed by atoms with Crippen molar-refractivity contribution in [2.75, 3.05) is 36.5 Å². The van der Waals surface area contributed by atoms with Gasteiger partial charge in [0.05, 0.1) is 30.2 Å². The van der Waals surface area contributed by atoms with Gasteiger partial charge in [-0.05, 0) is 30.2 Å². The van der Waals surface area contributed by atoms with E-state index in [9.17, 15) is 14.0 Å². The molecule has 0 bridgehead atoms. The van der Waals surface area contributed by atoms with Crippen molar-refractivity contribution in [1.82, 2.24) is 5.32 Å². The Bertz CT molecular complexity index is 866. The van der Waals surface area contributed by atoms with Gasteiger partial charge in [-0.2, -0.15) is 0 Å². The molecule has 6 nitrogen and oxygen atoms in total. The van der Waals surface area contributed by atoms with Crippen LogP contribution in [-0.4, -0.2) is 44.2 Å². The van der Waals surface area contributed by atoms with Crippen LogP contribution in [0.1, 0.15) is 24.2 Å². The lowest BCUT2D eigenvalue weighted by molar-refractivity contribution is -0.118. The first kappa shape index (κ1) is 20.8. The Morgan fingerprint density at radius 1 is 1.03 bits per heavy atom. The first-order valence-electron chi connectivity index (χ1n) is 9.75. The van der Waals surface area contributed by atoms with E-state index in [0.717, 1.165) is 18.8 Å². The number of morpholine rings is 1. The summed E-state index contributed by atoms with van der Waals surface area (Å²) in [6.07, 6.45) is 0. The molecule has 1 aliphatic heterocycles. The number of rotatable bonds is 6. The number of carbonyl (C=O) groups is 2. The van der Waals surface area contributed by atoms with E-state index in [1.807, 2.05) is 38.1 Å². The third-order valence-corrected chi connectivity index (χ3v) is 4.87. The van der Waals surface area contributed by atoms with Crippen molar-refractivity contribution in [3.8, 4) is 0 Å². The third kappa shape index (κ3) is 5.12. The molecule has 0 saturated carbocycles. The van der Waals surface area contributed by atoms with E-state index in [4.69, 9.17) is 4.74 Å². The summed E-state index contributed by atoms with van der Waals surface area (Å²) in [6, 6.07) is 12.5. The highest BCUT2D eigenvalue weighted by molar-refractivity contribution is 6.02. The predicted molar refractivity (Wildman–Crippen MR) is 111 cm³/mol. The molecule has 29 heavy (non-hydrogen) atoms. The summed E-state index contributed by atoms with van der Waals surface area (Å²) in [5.74, 6) is -1.75. The van der Waals surface area contributed by atoms with Gasteiger partial charge < -0.3 is 20.3 Å². The van der Waals surface area contributed by atoms with E-state index in [1.165, 1.54) is 18.2 Å². The Balaban J connectivity index is 1.75. The fraction of sp³-hybridized carbons (Fsp3) is 0.364. The van der Waals surface area contributed by atoms with Crippen molar-refractivity contribution in [2.45, 2.75) is 19.9 Å². The van der Waals surface area contributed by atoms with E-state index < -0.39 is 17.8 Å². The molecule has 0 aliphatic carbocycles. The van der Waals surface area contributed by atoms with Gasteiger partial charge >= 0.3 is 0 Å². The molecule has 1 atom stereocenters. The second-order valence-corrected chi connectivity index (χ2v) is 7.28. The Kier molecular flexibility index (Phi) is 6.82. The SMILES string of the molecule is CC(C)[C@H](NC(=O)c1ccccc1F)C(=O)Nc1ccccc1N1CCOCC1. The summed E-state index contributed by atoms with van der Waals surface area (Å²) in [7, 11) is 0. The maximum Gasteiger partial charge on any atom is 0.254 e. The van der Waals surface area contributed by atoms with E-state index in [-0.39, 0.29) is 17.4 Å². The molecule has 1 aliphatic rings. The average Bonchev–Trinajstić information content (AvgIpc) is 2.73. The normalized spacial score (nSPS) is 15.1. The number of nitrogens with zero attached hydrogens (tertiary/aromatic N) is 1. The van der Waals surface area contributed by atoms with E-state index in [0.29, 0.717) is 18.9 Å². The van der Waals surface area contributed by atoms with Crippen LogP contribution in [0.4, 0.5) is 15.8 Å². The van der Waals surface area contributed by atoms with Crippen LogP contribution < -0.4 is 15.5 Å². The number of hydrogen-bond acceptors (Lipinski definition) is 4. The molecule has 0 aromatic heterocycles. The van der Waals surface area contributed by atoms with Gasteiger partial charge in [-0.3, -0.25) is 9.59 Å². The van der Waals surface area contributed by atoms with Crippen LogP contribution in [0, 0.1) is 11.7 Å². The number of amides is 2. The predicted octanol–water partition coefficient (Wildman–Crippen LogP) is 3.06. The lowest BCUT2D eigenvalue weighted by atomic mass is 10.0. The van der Waals surface area contributed by atoms with Crippen molar-refractivity contribution in [3.63, 3.8) is 0 Å². The lowest BCUT2D eigenvalue weighted by Gasteiger charge is -2.31. The molecule has 2 N–H and O–H groups in total. The largest absolute Gasteiger partial charge is 0.378 e. The number of anilines is 2. The Hall–Kier alpha value is -2.93. The minimum atomic E-state index is -0.806. The molecule has 3 rings (SSSR count). The smallest absolute Gasteiger partial charge is 0.254 e. The zero-order valence-electron chi connectivity index (χ0n) is 16.7. The summed E-state index contributed by atoms with van der Waals surface area (Å²) < 4.78 is 19.3. The fourth-order valence-electron chi connectivity index (χ4n) is 3.27. The maximum absolute atomic E-state index is 13.9. The quantitative estimate of drug-likeness (QED) is 0.783. The number of carbonyl (C=O) groups excluding carboxylic acids is 2. The summed E-state index contributed by atoms with van der Waals surface area (Å²) in [4.78, 5) is 27.6. The van der Waals surface area contributed by atoms with Crippen molar-refractivity contribution in [3.05, 3.63) is 59.9 Å². The molecule has 0 spiro atoms. The van der Waals surface area contributed by atoms with Crippen LogP contribution in [-0.2, 0) is 9.53 Å². The first-order chi connectivity index (χ1) is 14.0. The van der Waals surface area contributed by atoms with Gasteiger partial charge in [-0.25, -0.2) is 4.39 Å². The van der Waals surface area contributed by atoms with Crippen molar-refractivity contribution < 1.29 is 18.7 Å². The van der Waals surface area contributed by atoms with Crippen LogP contribution >= 0.6 is 0 Å². The van der Waals surface area contributed by atoms with Crippen molar-refractivity contribution >= 4 is 23.2 Å². The summed E-state index contributed by atoms with van der Waals surface area (Å²) in [6.45, 7) is 6.42. The molecule has 1 saturated heterocycles. The van der Waals surface area contributed by atoms with E-state index in [1.54, 1.807) is 6.07 Å². The standard InChI is InChI=1S/C22H26FN3O3/c1-15(2)20(25-21(27)16-7-3-4-8-17(16)23)22(28)24-18-9-5-6-10-19(18)26-11-13-29-14-12-26/h3-10,15,20H,11-14H2,1-2H3,(H,24,28)(H,25,27)/t20-/m0/s1. The summed E-state index contributed by atoms with van der Waals surface area (Å²) >= 11 is 0. The van der Waals surface area contributed by atoms with Crippen LogP contribution in [0.5, 0.6) is 0 Å². The molecule has 1 heterocycles. The second kappa shape index (κ2) is 9.52. The minimum absolute atomic E-state index is 0.0836. The Morgan fingerprint density at radius 2 is 1.69 bits per heavy atom.